The molecule has 0 fully saturated rings. The van der Waals surface area contributed by atoms with Crippen molar-refractivity contribution in [3.05, 3.63) is 53.3 Å². The number of thiazole rings is 1. The van der Waals surface area contributed by atoms with Crippen molar-refractivity contribution in [2.24, 2.45) is 0 Å². The molecule has 6 heteroatoms. The van der Waals surface area contributed by atoms with E-state index < -0.39 is 0 Å². The van der Waals surface area contributed by atoms with Crippen molar-refractivity contribution in [2.45, 2.75) is 13.5 Å². The zero-order chi connectivity index (χ0) is 14.7. The quantitative estimate of drug-likeness (QED) is 0.779. The Kier molecular flexibility index (Phi) is 3.79. The molecule has 0 spiro atoms. The summed E-state index contributed by atoms with van der Waals surface area (Å²) in [5, 5.41) is 6.64. The first kappa shape index (κ1) is 13.5. The second kappa shape index (κ2) is 5.88. The lowest BCUT2D eigenvalue weighted by Crippen LogP contribution is -2.28. The van der Waals surface area contributed by atoms with Crippen LogP contribution >= 0.6 is 11.3 Å². The zero-order valence-electron chi connectivity index (χ0n) is 11.5. The fourth-order valence-corrected chi connectivity index (χ4v) is 2.84. The number of hydrogen-bond acceptors (Lipinski definition) is 4. The number of carbonyl (C=O) groups excluding carboxylic acids is 1. The van der Waals surface area contributed by atoms with E-state index in [1.54, 1.807) is 23.7 Å². The molecule has 2 N–H and O–H groups in total. The Bertz CT molecular complexity index is 770. The topological polar surface area (TPSA) is 66.9 Å². The van der Waals surface area contributed by atoms with E-state index >= 15 is 0 Å². The van der Waals surface area contributed by atoms with Crippen molar-refractivity contribution >= 4 is 33.3 Å². The molecule has 106 valence electrons. The van der Waals surface area contributed by atoms with Crippen molar-refractivity contribution in [1.29, 1.82) is 0 Å². The van der Waals surface area contributed by atoms with Gasteiger partial charge in [0.15, 0.2) is 0 Å². The van der Waals surface area contributed by atoms with Gasteiger partial charge < -0.3 is 10.6 Å². The molecule has 0 aliphatic heterocycles. The largest absolute Gasteiger partial charge is 0.334 e. The van der Waals surface area contributed by atoms with Gasteiger partial charge in [0, 0.05) is 24.6 Å². The number of hydrogen-bond donors (Lipinski definition) is 2. The van der Waals surface area contributed by atoms with Gasteiger partial charge in [-0.05, 0) is 36.8 Å². The zero-order valence-corrected chi connectivity index (χ0v) is 12.3. The fourth-order valence-electron chi connectivity index (χ4n) is 1.98. The molecule has 0 saturated heterocycles. The second-order valence-electron chi connectivity index (χ2n) is 4.58. The number of aryl methyl sites for hydroxylation is 1. The number of nitrogens with zero attached hydrogens (tertiary/aromatic N) is 2. The van der Waals surface area contributed by atoms with Crippen molar-refractivity contribution in [2.75, 3.05) is 5.32 Å². The number of anilines is 1. The number of amides is 2. The number of aromatic nitrogens is 2. The molecule has 2 aromatic heterocycles. The van der Waals surface area contributed by atoms with Crippen molar-refractivity contribution in [3.8, 4) is 0 Å². The molecule has 2 heterocycles. The molecule has 0 atom stereocenters. The first-order chi connectivity index (χ1) is 10.2. The van der Waals surface area contributed by atoms with Gasteiger partial charge in [0.2, 0.25) is 0 Å². The Morgan fingerprint density at radius 1 is 1.33 bits per heavy atom. The van der Waals surface area contributed by atoms with Gasteiger partial charge in [0.25, 0.3) is 0 Å². The maximum Gasteiger partial charge on any atom is 0.319 e. The molecule has 0 aliphatic carbocycles. The maximum absolute atomic E-state index is 11.9. The van der Waals surface area contributed by atoms with E-state index in [4.69, 9.17) is 0 Å². The van der Waals surface area contributed by atoms with E-state index in [-0.39, 0.29) is 6.03 Å². The summed E-state index contributed by atoms with van der Waals surface area (Å²) in [5.74, 6) is 0. The molecule has 0 bridgehead atoms. The Morgan fingerprint density at radius 2 is 2.24 bits per heavy atom. The van der Waals surface area contributed by atoms with Gasteiger partial charge in [-0.25, -0.2) is 9.78 Å². The van der Waals surface area contributed by atoms with Gasteiger partial charge in [-0.3, -0.25) is 4.98 Å². The third-order valence-electron chi connectivity index (χ3n) is 2.93. The first-order valence-corrected chi connectivity index (χ1v) is 7.33. The van der Waals surface area contributed by atoms with Crippen LogP contribution in [0.15, 0.2) is 42.7 Å². The Hall–Kier alpha value is -2.47. The summed E-state index contributed by atoms with van der Waals surface area (Å²) < 4.78 is 1.07. The molecule has 3 rings (SSSR count). The van der Waals surface area contributed by atoms with Crippen molar-refractivity contribution in [3.63, 3.8) is 0 Å². The Balaban J connectivity index is 1.63. The van der Waals surface area contributed by atoms with E-state index in [1.165, 1.54) is 0 Å². The predicted molar refractivity (Wildman–Crippen MR) is 84.5 cm³/mol. The molecule has 0 radical (unpaired) electrons. The molecule has 3 aromatic rings. The normalized spacial score (nSPS) is 10.5. The maximum atomic E-state index is 11.9. The van der Waals surface area contributed by atoms with Crippen molar-refractivity contribution < 1.29 is 4.79 Å². The smallest absolute Gasteiger partial charge is 0.319 e. The number of carbonyl (C=O) groups is 1. The van der Waals surface area contributed by atoms with Crippen LogP contribution in [0.5, 0.6) is 0 Å². The Labute approximate surface area is 126 Å². The van der Waals surface area contributed by atoms with Crippen LogP contribution in [0.3, 0.4) is 0 Å². The predicted octanol–water partition coefficient (Wildman–Crippen LogP) is 3.32. The monoisotopic (exact) mass is 298 g/mol. The van der Waals surface area contributed by atoms with E-state index in [2.05, 4.69) is 20.6 Å². The molecule has 0 aliphatic rings. The summed E-state index contributed by atoms with van der Waals surface area (Å²) in [4.78, 5) is 20.3. The van der Waals surface area contributed by atoms with Crippen LogP contribution in [-0.4, -0.2) is 16.0 Å². The van der Waals surface area contributed by atoms with Crippen LogP contribution in [-0.2, 0) is 6.54 Å². The van der Waals surface area contributed by atoms with Crippen LogP contribution in [0, 0.1) is 6.92 Å². The molecular weight excluding hydrogens is 284 g/mol. The summed E-state index contributed by atoms with van der Waals surface area (Å²) in [7, 11) is 0. The third-order valence-corrected chi connectivity index (χ3v) is 3.86. The highest BCUT2D eigenvalue weighted by Gasteiger charge is 2.05. The van der Waals surface area contributed by atoms with Gasteiger partial charge >= 0.3 is 6.03 Å². The van der Waals surface area contributed by atoms with Crippen molar-refractivity contribution in [1.82, 2.24) is 15.3 Å². The van der Waals surface area contributed by atoms with Crippen LogP contribution in [0.2, 0.25) is 0 Å². The summed E-state index contributed by atoms with van der Waals surface area (Å²) >= 11 is 1.61. The van der Waals surface area contributed by atoms with Gasteiger partial charge in [-0.1, -0.05) is 6.07 Å². The lowest BCUT2D eigenvalue weighted by atomic mass is 10.3. The van der Waals surface area contributed by atoms with E-state index in [9.17, 15) is 4.79 Å². The SMILES string of the molecule is Cc1nc2ccc(NC(=O)NCc3cccnc3)cc2s1. The standard InChI is InChI=1S/C15H14N4OS/c1-10-18-13-5-4-12(7-14(13)21-10)19-15(20)17-9-11-3-2-6-16-8-11/h2-8H,9H2,1H3,(H2,17,19,20). The van der Waals surface area contributed by atoms with Crippen LogP contribution < -0.4 is 10.6 Å². The van der Waals surface area contributed by atoms with E-state index in [0.29, 0.717) is 6.54 Å². The number of benzene rings is 1. The molecule has 0 saturated carbocycles. The van der Waals surface area contributed by atoms with Gasteiger partial charge in [-0.15, -0.1) is 11.3 Å². The number of pyridine rings is 1. The lowest BCUT2D eigenvalue weighted by molar-refractivity contribution is 0.251. The average Bonchev–Trinajstić information content (AvgIpc) is 2.85. The minimum Gasteiger partial charge on any atom is -0.334 e. The van der Waals surface area contributed by atoms with Crippen LogP contribution in [0.25, 0.3) is 10.2 Å². The number of nitrogens with one attached hydrogen (secondary N) is 2. The minimum absolute atomic E-state index is 0.237. The highest BCUT2D eigenvalue weighted by molar-refractivity contribution is 7.18. The number of rotatable bonds is 3. The molecule has 2 amide bonds. The van der Waals surface area contributed by atoms with Crippen LogP contribution in [0.4, 0.5) is 10.5 Å². The van der Waals surface area contributed by atoms with Gasteiger partial charge in [0.1, 0.15) is 0 Å². The molecule has 21 heavy (non-hydrogen) atoms. The number of fused-ring (bicyclic) bond motifs is 1. The summed E-state index contributed by atoms with van der Waals surface area (Å²) in [6.07, 6.45) is 3.43. The summed E-state index contributed by atoms with van der Waals surface area (Å²) in [6, 6.07) is 9.22. The average molecular weight is 298 g/mol. The fraction of sp³-hybridized carbons (Fsp3) is 0.133. The molecule has 1 aromatic carbocycles. The lowest BCUT2D eigenvalue weighted by Gasteiger charge is -2.07. The Morgan fingerprint density at radius 3 is 3.05 bits per heavy atom. The van der Waals surface area contributed by atoms with Gasteiger partial charge in [0.05, 0.1) is 15.2 Å². The summed E-state index contributed by atoms with van der Waals surface area (Å²) in [6.45, 7) is 2.42. The minimum atomic E-state index is -0.237. The molecular formula is C15H14N4OS. The molecule has 5 nitrogen and oxygen atoms in total. The first-order valence-electron chi connectivity index (χ1n) is 6.52. The molecule has 0 unspecified atom stereocenters. The summed E-state index contributed by atoms with van der Waals surface area (Å²) in [5.41, 5.74) is 2.68. The second-order valence-corrected chi connectivity index (χ2v) is 5.82. The number of urea groups is 1. The van der Waals surface area contributed by atoms with E-state index in [1.807, 2.05) is 37.3 Å². The highest BCUT2D eigenvalue weighted by atomic mass is 32.1. The highest BCUT2D eigenvalue weighted by Crippen LogP contribution is 2.24. The van der Waals surface area contributed by atoms with Crippen LogP contribution in [0.1, 0.15) is 10.6 Å². The van der Waals surface area contributed by atoms with Gasteiger partial charge in [-0.2, -0.15) is 0 Å². The van der Waals surface area contributed by atoms with E-state index in [0.717, 1.165) is 26.5 Å². The third kappa shape index (κ3) is 3.35.